The molecule has 0 saturated carbocycles. The minimum Gasteiger partial charge on any atom is -0.378 e. The third kappa shape index (κ3) is 2.28. The van der Waals surface area contributed by atoms with E-state index in [9.17, 15) is 9.59 Å². The van der Waals surface area contributed by atoms with Crippen molar-refractivity contribution in [2.45, 2.75) is 24.7 Å². The first-order valence-corrected chi connectivity index (χ1v) is 6.65. The molecule has 2 aliphatic heterocycles. The monoisotopic (exact) mass is 275 g/mol. The van der Waals surface area contributed by atoms with Crippen LogP contribution in [0, 0.1) is 0 Å². The highest BCUT2D eigenvalue weighted by Gasteiger charge is 2.45. The number of nitrogens with zero attached hydrogens (tertiary/aromatic N) is 1. The highest BCUT2D eigenvalue weighted by Crippen LogP contribution is 2.20. The fourth-order valence-electron chi connectivity index (χ4n) is 2.77. The van der Waals surface area contributed by atoms with Gasteiger partial charge in [0.1, 0.15) is 0 Å². The molecule has 2 saturated heterocycles. The van der Waals surface area contributed by atoms with E-state index in [1.165, 1.54) is 0 Å². The Morgan fingerprint density at radius 1 is 1.25 bits per heavy atom. The van der Waals surface area contributed by atoms with Crippen LogP contribution >= 0.6 is 0 Å². The lowest BCUT2D eigenvalue weighted by atomic mass is 9.94. The normalized spacial score (nSPS) is 29.9. The van der Waals surface area contributed by atoms with E-state index in [4.69, 9.17) is 10.5 Å². The van der Waals surface area contributed by atoms with Crippen molar-refractivity contribution < 1.29 is 14.3 Å². The summed E-state index contributed by atoms with van der Waals surface area (Å²) in [4.78, 5) is 25.5. The van der Waals surface area contributed by atoms with Gasteiger partial charge < -0.3 is 20.7 Å². The first kappa shape index (κ1) is 13.1. The van der Waals surface area contributed by atoms with E-state index < -0.39 is 11.8 Å². The molecule has 0 aliphatic carbocycles. The summed E-state index contributed by atoms with van der Waals surface area (Å²) < 4.78 is 5.43. The highest BCUT2D eigenvalue weighted by molar-refractivity contribution is 6.35. The fraction of sp³-hybridized carbons (Fsp3) is 0.429. The molecular formula is C14H17N3O3. The van der Waals surface area contributed by atoms with E-state index in [0.717, 1.165) is 5.56 Å². The topological polar surface area (TPSA) is 84.7 Å². The highest BCUT2D eigenvalue weighted by atomic mass is 16.5. The Morgan fingerprint density at radius 3 is 2.75 bits per heavy atom. The smallest absolute Gasteiger partial charge is 0.312 e. The van der Waals surface area contributed by atoms with Crippen LogP contribution in [0.3, 0.4) is 0 Å². The molecule has 0 radical (unpaired) electrons. The molecule has 3 atom stereocenters. The summed E-state index contributed by atoms with van der Waals surface area (Å²) >= 11 is 0. The Hall–Kier alpha value is -1.92. The summed E-state index contributed by atoms with van der Waals surface area (Å²) in [6.45, 7) is 1.19. The predicted octanol–water partition coefficient (Wildman–Crippen LogP) is -0.760. The summed E-state index contributed by atoms with van der Waals surface area (Å²) in [6, 6.07) is 8.85. The molecule has 2 unspecified atom stereocenters. The lowest BCUT2D eigenvalue weighted by Gasteiger charge is -2.45. The van der Waals surface area contributed by atoms with Crippen molar-refractivity contribution in [1.82, 2.24) is 10.2 Å². The van der Waals surface area contributed by atoms with Crippen molar-refractivity contribution in [1.29, 1.82) is 0 Å². The van der Waals surface area contributed by atoms with Crippen molar-refractivity contribution >= 4 is 11.8 Å². The van der Waals surface area contributed by atoms with E-state index in [-0.39, 0.29) is 18.1 Å². The van der Waals surface area contributed by atoms with Crippen molar-refractivity contribution in [3.05, 3.63) is 35.9 Å². The van der Waals surface area contributed by atoms with E-state index in [1.807, 2.05) is 30.3 Å². The number of rotatable bonds is 2. The summed E-state index contributed by atoms with van der Waals surface area (Å²) in [7, 11) is 0. The van der Waals surface area contributed by atoms with Gasteiger partial charge in [-0.1, -0.05) is 30.3 Å². The molecule has 0 bridgehead atoms. The Kier molecular flexibility index (Phi) is 3.42. The van der Waals surface area contributed by atoms with Gasteiger partial charge in [0.05, 0.1) is 31.3 Å². The molecule has 0 spiro atoms. The number of hydrogen-bond donors (Lipinski definition) is 2. The zero-order valence-electron chi connectivity index (χ0n) is 11.0. The second-order valence-electron chi connectivity index (χ2n) is 5.19. The number of carbonyl (C=O) groups is 2. The van der Waals surface area contributed by atoms with E-state index in [0.29, 0.717) is 19.8 Å². The lowest BCUT2D eigenvalue weighted by Crippen LogP contribution is -2.71. The molecule has 2 aliphatic rings. The van der Waals surface area contributed by atoms with Gasteiger partial charge >= 0.3 is 11.8 Å². The third-order valence-electron chi connectivity index (χ3n) is 3.82. The minimum atomic E-state index is -0.584. The number of fused-ring (bicyclic) bond motifs is 1. The van der Waals surface area contributed by atoms with Crippen LogP contribution in [0.25, 0.3) is 0 Å². The lowest BCUT2D eigenvalue weighted by molar-refractivity contribution is -0.157. The van der Waals surface area contributed by atoms with E-state index in [1.54, 1.807) is 4.90 Å². The van der Waals surface area contributed by atoms with Crippen LogP contribution in [0.5, 0.6) is 0 Å². The maximum Gasteiger partial charge on any atom is 0.312 e. The Morgan fingerprint density at radius 2 is 2.00 bits per heavy atom. The van der Waals surface area contributed by atoms with E-state index in [2.05, 4.69) is 5.32 Å². The van der Waals surface area contributed by atoms with Crippen LogP contribution in [0.4, 0.5) is 0 Å². The number of ether oxygens (including phenoxy) is 1. The molecule has 1 aromatic carbocycles. The van der Waals surface area contributed by atoms with Crippen LogP contribution < -0.4 is 11.1 Å². The van der Waals surface area contributed by atoms with Gasteiger partial charge in [-0.05, 0) is 5.56 Å². The number of hydrogen-bond acceptors (Lipinski definition) is 4. The fourth-order valence-corrected chi connectivity index (χ4v) is 2.77. The maximum atomic E-state index is 12.1. The number of nitrogens with two attached hydrogens (primary N) is 1. The number of carbonyl (C=O) groups excluding carboxylic acids is 2. The van der Waals surface area contributed by atoms with Crippen LogP contribution in [0.1, 0.15) is 5.56 Å². The largest absolute Gasteiger partial charge is 0.378 e. The van der Waals surface area contributed by atoms with Gasteiger partial charge in [-0.3, -0.25) is 9.59 Å². The summed E-state index contributed by atoms with van der Waals surface area (Å²) in [5.41, 5.74) is 6.95. The number of nitrogens with one attached hydrogen (secondary N) is 1. The molecule has 1 aromatic rings. The zero-order valence-corrected chi connectivity index (χ0v) is 11.0. The Balaban J connectivity index is 1.85. The molecule has 2 amide bonds. The third-order valence-corrected chi connectivity index (χ3v) is 3.82. The molecule has 2 heterocycles. The first-order chi connectivity index (χ1) is 9.66. The van der Waals surface area contributed by atoms with Crippen molar-refractivity contribution in [3.8, 4) is 0 Å². The summed E-state index contributed by atoms with van der Waals surface area (Å²) in [5, 5.41) is 2.70. The van der Waals surface area contributed by atoms with Crippen molar-refractivity contribution in [3.63, 3.8) is 0 Å². The van der Waals surface area contributed by atoms with Crippen LogP contribution in [-0.2, 0) is 20.9 Å². The molecular weight excluding hydrogens is 258 g/mol. The summed E-state index contributed by atoms with van der Waals surface area (Å²) in [5.74, 6) is -1.10. The van der Waals surface area contributed by atoms with Gasteiger partial charge in [-0.15, -0.1) is 0 Å². The molecule has 6 heteroatoms. The Bertz CT molecular complexity index is 520. The molecule has 2 fully saturated rings. The predicted molar refractivity (Wildman–Crippen MR) is 71.5 cm³/mol. The van der Waals surface area contributed by atoms with Crippen molar-refractivity contribution in [2.75, 3.05) is 13.2 Å². The van der Waals surface area contributed by atoms with Crippen molar-refractivity contribution in [2.24, 2.45) is 5.73 Å². The average Bonchev–Trinajstić information content (AvgIpc) is 2.46. The van der Waals surface area contributed by atoms with Gasteiger partial charge in [0.2, 0.25) is 0 Å². The van der Waals surface area contributed by atoms with Gasteiger partial charge in [0, 0.05) is 6.54 Å². The molecule has 6 nitrogen and oxygen atoms in total. The maximum absolute atomic E-state index is 12.1. The second-order valence-corrected chi connectivity index (χ2v) is 5.19. The average molecular weight is 275 g/mol. The molecule has 20 heavy (non-hydrogen) atoms. The van der Waals surface area contributed by atoms with E-state index >= 15 is 0 Å². The van der Waals surface area contributed by atoms with Crippen LogP contribution in [-0.4, -0.2) is 48.1 Å². The molecule has 3 N–H and O–H groups in total. The summed E-state index contributed by atoms with van der Waals surface area (Å²) in [6.07, 6.45) is 0. The van der Waals surface area contributed by atoms with Gasteiger partial charge in [0.25, 0.3) is 0 Å². The molecule has 0 aromatic heterocycles. The first-order valence-electron chi connectivity index (χ1n) is 6.65. The molecule has 3 rings (SSSR count). The standard InChI is InChI=1S/C14H17N3O3/c15-10-7-20-8-11-12(10)16-13(18)14(19)17(11)6-9-4-2-1-3-5-9/h1-5,10-12H,6-8,15H2,(H,16,18)/t10-,11?,12?/m0/s1. The quantitative estimate of drug-likeness (QED) is 0.695. The Labute approximate surface area is 116 Å². The van der Waals surface area contributed by atoms with Crippen LogP contribution in [0.2, 0.25) is 0 Å². The van der Waals surface area contributed by atoms with Gasteiger partial charge in [0.15, 0.2) is 0 Å². The molecule has 106 valence electrons. The minimum absolute atomic E-state index is 0.204. The SMILES string of the molecule is N[C@H]1COCC2C1NC(=O)C(=O)N2Cc1ccccc1. The zero-order chi connectivity index (χ0) is 14.1. The number of benzene rings is 1. The second kappa shape index (κ2) is 5.22. The number of piperazine rings is 1. The van der Waals surface area contributed by atoms with Gasteiger partial charge in [-0.25, -0.2) is 0 Å². The van der Waals surface area contributed by atoms with Crippen LogP contribution in [0.15, 0.2) is 30.3 Å². The number of amides is 2. The van der Waals surface area contributed by atoms with Gasteiger partial charge in [-0.2, -0.15) is 0 Å².